The van der Waals surface area contributed by atoms with E-state index in [1.807, 2.05) is 20.8 Å². The molecule has 0 unspecified atom stereocenters. The molecule has 5 nitrogen and oxygen atoms in total. The first-order valence-corrected chi connectivity index (χ1v) is 5.97. The Morgan fingerprint density at radius 2 is 2.00 bits per heavy atom. The minimum absolute atomic E-state index is 0.493. The molecular formula is C11H15ClN4O. The Morgan fingerprint density at radius 3 is 2.71 bits per heavy atom. The fraction of sp³-hybridized carbons (Fsp3) is 0.545. The molecule has 2 heterocycles. The second kappa shape index (κ2) is 4.98. The number of hydrogen-bond donors (Lipinski definition) is 0. The zero-order chi connectivity index (χ0) is 12.4. The third-order valence-electron chi connectivity index (χ3n) is 2.77. The van der Waals surface area contributed by atoms with Crippen LogP contribution in [0.25, 0.3) is 5.65 Å². The Balaban J connectivity index is 2.39. The summed E-state index contributed by atoms with van der Waals surface area (Å²) in [5.41, 5.74) is 2.72. The molecule has 0 atom stereocenters. The SMILES string of the molecule is CCOCCc1nnc2c(C)c(C)c(Cl)nn12. The Kier molecular flexibility index (Phi) is 3.59. The van der Waals surface area contributed by atoms with Crippen molar-refractivity contribution in [1.82, 2.24) is 19.8 Å². The van der Waals surface area contributed by atoms with Gasteiger partial charge in [-0.3, -0.25) is 0 Å². The van der Waals surface area contributed by atoms with Crippen LogP contribution in [0.5, 0.6) is 0 Å². The quantitative estimate of drug-likeness (QED) is 0.783. The lowest BCUT2D eigenvalue weighted by atomic mass is 10.2. The van der Waals surface area contributed by atoms with Gasteiger partial charge in [0.25, 0.3) is 0 Å². The second-order valence-electron chi connectivity index (χ2n) is 3.84. The van der Waals surface area contributed by atoms with Crippen LogP contribution in [-0.2, 0) is 11.2 Å². The maximum Gasteiger partial charge on any atom is 0.181 e. The summed E-state index contributed by atoms with van der Waals surface area (Å²) >= 11 is 6.06. The highest BCUT2D eigenvalue weighted by Crippen LogP contribution is 2.19. The lowest BCUT2D eigenvalue weighted by molar-refractivity contribution is 0.149. The van der Waals surface area contributed by atoms with E-state index >= 15 is 0 Å². The van der Waals surface area contributed by atoms with Crippen molar-refractivity contribution in [2.75, 3.05) is 13.2 Å². The first-order valence-electron chi connectivity index (χ1n) is 5.60. The molecule has 0 fully saturated rings. The molecule has 17 heavy (non-hydrogen) atoms. The molecule has 0 radical (unpaired) electrons. The number of aryl methyl sites for hydroxylation is 1. The second-order valence-corrected chi connectivity index (χ2v) is 4.20. The zero-order valence-electron chi connectivity index (χ0n) is 10.2. The first kappa shape index (κ1) is 12.3. The summed E-state index contributed by atoms with van der Waals surface area (Å²) in [6.45, 7) is 7.18. The van der Waals surface area contributed by atoms with E-state index < -0.39 is 0 Å². The van der Waals surface area contributed by atoms with E-state index in [9.17, 15) is 0 Å². The predicted molar refractivity (Wildman–Crippen MR) is 65.5 cm³/mol. The van der Waals surface area contributed by atoms with E-state index in [-0.39, 0.29) is 0 Å². The fourth-order valence-electron chi connectivity index (χ4n) is 1.60. The van der Waals surface area contributed by atoms with Crippen LogP contribution < -0.4 is 0 Å². The van der Waals surface area contributed by atoms with Crippen LogP contribution in [0.3, 0.4) is 0 Å². The molecule has 0 aromatic carbocycles. The molecule has 2 rings (SSSR count). The van der Waals surface area contributed by atoms with Gasteiger partial charge in [0.1, 0.15) is 0 Å². The summed E-state index contributed by atoms with van der Waals surface area (Å²) in [6, 6.07) is 0. The molecule has 0 bridgehead atoms. The minimum atomic E-state index is 0.493. The summed E-state index contributed by atoms with van der Waals surface area (Å²) < 4.78 is 7.00. The number of aromatic nitrogens is 4. The largest absolute Gasteiger partial charge is 0.381 e. The molecule has 92 valence electrons. The van der Waals surface area contributed by atoms with Crippen LogP contribution >= 0.6 is 11.6 Å². The first-order chi connectivity index (χ1) is 8.15. The Morgan fingerprint density at radius 1 is 1.24 bits per heavy atom. The van der Waals surface area contributed by atoms with E-state index in [2.05, 4.69) is 15.3 Å². The summed E-state index contributed by atoms with van der Waals surface area (Å²) in [6.07, 6.45) is 0.681. The molecule has 2 aromatic rings. The van der Waals surface area contributed by atoms with Crippen molar-refractivity contribution in [1.29, 1.82) is 0 Å². The molecule has 2 aromatic heterocycles. The van der Waals surface area contributed by atoms with Gasteiger partial charge in [-0.25, -0.2) is 0 Å². The number of ether oxygens (including phenoxy) is 1. The number of hydrogen-bond acceptors (Lipinski definition) is 4. The summed E-state index contributed by atoms with van der Waals surface area (Å²) in [5.74, 6) is 0.776. The van der Waals surface area contributed by atoms with Crippen LogP contribution in [0.2, 0.25) is 5.15 Å². The number of halogens is 1. The van der Waals surface area contributed by atoms with E-state index in [1.54, 1.807) is 4.52 Å². The average Bonchev–Trinajstić information content (AvgIpc) is 2.70. The maximum absolute atomic E-state index is 6.06. The molecule has 0 saturated heterocycles. The van der Waals surface area contributed by atoms with Gasteiger partial charge >= 0.3 is 0 Å². The molecule has 0 aliphatic heterocycles. The maximum atomic E-state index is 6.06. The van der Waals surface area contributed by atoms with Crippen molar-refractivity contribution in [3.63, 3.8) is 0 Å². The fourth-order valence-corrected chi connectivity index (χ4v) is 1.82. The van der Waals surface area contributed by atoms with Gasteiger partial charge in [0, 0.05) is 18.6 Å². The van der Waals surface area contributed by atoms with Crippen LogP contribution in [0.1, 0.15) is 23.9 Å². The van der Waals surface area contributed by atoms with E-state index in [0.717, 1.165) is 22.6 Å². The Labute approximate surface area is 105 Å². The van der Waals surface area contributed by atoms with Crippen molar-refractivity contribution in [3.8, 4) is 0 Å². The average molecular weight is 255 g/mol. The van der Waals surface area contributed by atoms with Gasteiger partial charge in [0.15, 0.2) is 16.6 Å². The topological polar surface area (TPSA) is 52.3 Å². The smallest absolute Gasteiger partial charge is 0.181 e. The molecule has 0 amide bonds. The molecule has 6 heteroatoms. The van der Waals surface area contributed by atoms with Crippen molar-refractivity contribution in [3.05, 3.63) is 22.1 Å². The molecular weight excluding hydrogens is 240 g/mol. The molecule has 0 aliphatic carbocycles. The number of rotatable bonds is 4. The van der Waals surface area contributed by atoms with Gasteiger partial charge in [-0.05, 0) is 26.3 Å². The lowest BCUT2D eigenvalue weighted by Crippen LogP contribution is -2.06. The van der Waals surface area contributed by atoms with Crippen molar-refractivity contribution in [2.24, 2.45) is 0 Å². The van der Waals surface area contributed by atoms with Gasteiger partial charge in [-0.15, -0.1) is 10.2 Å². The highest BCUT2D eigenvalue weighted by Gasteiger charge is 2.13. The molecule has 0 saturated carbocycles. The zero-order valence-corrected chi connectivity index (χ0v) is 11.0. The van der Waals surface area contributed by atoms with E-state index in [0.29, 0.717) is 24.8 Å². The highest BCUT2D eigenvalue weighted by molar-refractivity contribution is 6.30. The van der Waals surface area contributed by atoms with Gasteiger partial charge in [0.05, 0.1) is 6.61 Å². The number of fused-ring (bicyclic) bond motifs is 1. The van der Waals surface area contributed by atoms with Crippen LogP contribution in [0, 0.1) is 13.8 Å². The Hall–Kier alpha value is -1.20. The van der Waals surface area contributed by atoms with Gasteiger partial charge in [-0.1, -0.05) is 11.6 Å². The summed E-state index contributed by atoms with van der Waals surface area (Å²) in [5, 5.41) is 13.0. The van der Waals surface area contributed by atoms with Crippen molar-refractivity contribution in [2.45, 2.75) is 27.2 Å². The summed E-state index contributed by atoms with van der Waals surface area (Å²) in [7, 11) is 0. The van der Waals surface area contributed by atoms with Crippen molar-refractivity contribution >= 4 is 17.2 Å². The standard InChI is InChI=1S/C11H15ClN4O/c1-4-17-6-5-9-13-14-11-8(3)7(2)10(12)15-16(9)11/h4-6H2,1-3H3. The van der Waals surface area contributed by atoms with Crippen LogP contribution in [0.15, 0.2) is 0 Å². The minimum Gasteiger partial charge on any atom is -0.381 e. The van der Waals surface area contributed by atoms with E-state index in [4.69, 9.17) is 16.3 Å². The third-order valence-corrected chi connectivity index (χ3v) is 3.13. The van der Waals surface area contributed by atoms with E-state index in [1.165, 1.54) is 0 Å². The normalized spacial score (nSPS) is 11.3. The number of nitrogens with zero attached hydrogens (tertiary/aromatic N) is 4. The molecule has 0 spiro atoms. The third kappa shape index (κ3) is 2.25. The van der Waals surface area contributed by atoms with Crippen molar-refractivity contribution < 1.29 is 4.74 Å². The van der Waals surface area contributed by atoms with Crippen LogP contribution in [-0.4, -0.2) is 33.0 Å². The molecule has 0 aliphatic rings. The van der Waals surface area contributed by atoms with Gasteiger partial charge < -0.3 is 4.74 Å². The lowest BCUT2D eigenvalue weighted by Gasteiger charge is -2.05. The summed E-state index contributed by atoms with van der Waals surface area (Å²) in [4.78, 5) is 0. The Bertz CT molecular complexity index is 538. The highest BCUT2D eigenvalue weighted by atomic mass is 35.5. The molecule has 0 N–H and O–H groups in total. The van der Waals surface area contributed by atoms with Gasteiger partial charge in [0.2, 0.25) is 0 Å². The van der Waals surface area contributed by atoms with Gasteiger partial charge in [-0.2, -0.15) is 9.61 Å². The monoisotopic (exact) mass is 254 g/mol. The predicted octanol–water partition coefficient (Wildman–Crippen LogP) is 1.97. The van der Waals surface area contributed by atoms with Crippen LogP contribution in [0.4, 0.5) is 0 Å².